The molecule has 0 aromatic heterocycles. The second-order valence-corrected chi connectivity index (χ2v) is 7.19. The van der Waals surface area contributed by atoms with Crippen LogP contribution in [0.3, 0.4) is 0 Å². The maximum absolute atomic E-state index is 12.4. The number of hydrogen-bond acceptors (Lipinski definition) is 3. The monoisotopic (exact) mass is 351 g/mol. The molecule has 1 heterocycles. The van der Waals surface area contributed by atoms with Gasteiger partial charge in [-0.15, -0.1) is 0 Å². The van der Waals surface area contributed by atoms with Crippen LogP contribution in [-0.2, 0) is 4.79 Å². The van der Waals surface area contributed by atoms with E-state index in [0.717, 1.165) is 18.7 Å². The zero-order valence-electron chi connectivity index (χ0n) is 15.5. The average molecular weight is 351 g/mol. The van der Waals surface area contributed by atoms with Crippen LogP contribution in [0, 0.1) is 6.92 Å². The lowest BCUT2D eigenvalue weighted by Crippen LogP contribution is -2.37. The van der Waals surface area contributed by atoms with Crippen LogP contribution in [0.25, 0.3) is 0 Å². The molecule has 1 saturated heterocycles. The normalized spacial score (nSPS) is 17.0. The fourth-order valence-electron chi connectivity index (χ4n) is 3.60. The highest BCUT2D eigenvalue weighted by atomic mass is 16.1. The summed E-state index contributed by atoms with van der Waals surface area (Å²) >= 11 is 0. The zero-order chi connectivity index (χ0) is 18.4. The van der Waals surface area contributed by atoms with E-state index in [1.165, 1.54) is 24.0 Å². The molecular formula is C22H29N3O. The molecule has 2 aromatic carbocycles. The summed E-state index contributed by atoms with van der Waals surface area (Å²) in [6.07, 6.45) is 2.77. The van der Waals surface area contributed by atoms with E-state index in [2.05, 4.69) is 41.4 Å². The van der Waals surface area contributed by atoms with E-state index < -0.39 is 0 Å². The molecule has 3 rings (SSSR count). The summed E-state index contributed by atoms with van der Waals surface area (Å²) in [5.74, 6) is 0.0117. The molecule has 2 aromatic rings. The molecule has 138 valence electrons. The largest absolute Gasteiger partial charge is 0.354 e. The van der Waals surface area contributed by atoms with Crippen LogP contribution in [0.5, 0.6) is 0 Å². The number of rotatable bonds is 7. The van der Waals surface area contributed by atoms with Crippen LogP contribution in [0.1, 0.15) is 48.0 Å². The van der Waals surface area contributed by atoms with Crippen molar-refractivity contribution in [3.63, 3.8) is 0 Å². The van der Waals surface area contributed by atoms with Gasteiger partial charge >= 0.3 is 0 Å². The first kappa shape index (κ1) is 18.6. The van der Waals surface area contributed by atoms with Gasteiger partial charge in [0.05, 0.1) is 6.04 Å². The van der Waals surface area contributed by atoms with E-state index in [-0.39, 0.29) is 18.0 Å². The Hall–Kier alpha value is -2.17. The van der Waals surface area contributed by atoms with Crippen molar-refractivity contribution in [1.29, 1.82) is 0 Å². The predicted molar refractivity (Wildman–Crippen MR) is 106 cm³/mol. The molecule has 1 fully saturated rings. The van der Waals surface area contributed by atoms with Gasteiger partial charge in [0.2, 0.25) is 5.91 Å². The molecule has 0 spiro atoms. The summed E-state index contributed by atoms with van der Waals surface area (Å²) in [6.45, 7) is 4.92. The number of aryl methyl sites for hydroxylation is 1. The predicted octanol–water partition coefficient (Wildman–Crippen LogP) is 3.34. The van der Waals surface area contributed by atoms with Crippen LogP contribution >= 0.6 is 0 Å². The quantitative estimate of drug-likeness (QED) is 0.804. The number of likely N-dealkylation sites (tertiary alicyclic amines) is 1. The number of carbonyl (C=O) groups excluding carboxylic acids is 1. The molecule has 1 aliphatic rings. The summed E-state index contributed by atoms with van der Waals surface area (Å²) in [7, 11) is 0. The fraction of sp³-hybridized carbons (Fsp3) is 0.409. The smallest absolute Gasteiger partial charge is 0.221 e. The maximum Gasteiger partial charge on any atom is 0.221 e. The van der Waals surface area contributed by atoms with Gasteiger partial charge in [-0.3, -0.25) is 9.69 Å². The van der Waals surface area contributed by atoms with E-state index in [1.807, 2.05) is 30.3 Å². The van der Waals surface area contributed by atoms with Crippen molar-refractivity contribution < 1.29 is 4.79 Å². The molecule has 4 heteroatoms. The third-order valence-corrected chi connectivity index (χ3v) is 5.17. The Morgan fingerprint density at radius 2 is 1.69 bits per heavy atom. The first-order chi connectivity index (χ1) is 12.6. The van der Waals surface area contributed by atoms with Gasteiger partial charge in [-0.1, -0.05) is 60.2 Å². The lowest BCUT2D eigenvalue weighted by Gasteiger charge is -2.28. The Morgan fingerprint density at radius 3 is 2.35 bits per heavy atom. The van der Waals surface area contributed by atoms with Crippen LogP contribution in [-0.4, -0.2) is 30.4 Å². The maximum atomic E-state index is 12.4. The van der Waals surface area contributed by atoms with E-state index in [0.29, 0.717) is 13.0 Å². The molecule has 0 aliphatic carbocycles. The van der Waals surface area contributed by atoms with E-state index in [4.69, 9.17) is 5.73 Å². The molecule has 2 atom stereocenters. The SMILES string of the molecule is Cc1ccc(C(CNC(=O)CC(N)c2ccccc2)N2CCCC2)cc1. The lowest BCUT2D eigenvalue weighted by atomic mass is 10.0. The Balaban J connectivity index is 1.60. The molecule has 0 saturated carbocycles. The highest BCUT2D eigenvalue weighted by molar-refractivity contribution is 5.76. The minimum atomic E-state index is -0.263. The van der Waals surface area contributed by atoms with Gasteiger partial charge in [0.15, 0.2) is 0 Å². The first-order valence-electron chi connectivity index (χ1n) is 9.51. The molecule has 3 N–H and O–H groups in total. The van der Waals surface area contributed by atoms with Crippen LogP contribution < -0.4 is 11.1 Å². The number of benzene rings is 2. The number of amides is 1. The number of nitrogens with two attached hydrogens (primary N) is 1. The van der Waals surface area contributed by atoms with Gasteiger partial charge in [-0.05, 0) is 44.0 Å². The van der Waals surface area contributed by atoms with Crippen LogP contribution in [0.15, 0.2) is 54.6 Å². The van der Waals surface area contributed by atoms with Gasteiger partial charge in [0.1, 0.15) is 0 Å². The number of nitrogens with zero attached hydrogens (tertiary/aromatic N) is 1. The van der Waals surface area contributed by atoms with Gasteiger partial charge in [-0.25, -0.2) is 0 Å². The fourth-order valence-corrected chi connectivity index (χ4v) is 3.60. The highest BCUT2D eigenvalue weighted by Gasteiger charge is 2.24. The van der Waals surface area contributed by atoms with Gasteiger partial charge < -0.3 is 11.1 Å². The van der Waals surface area contributed by atoms with Crippen LogP contribution in [0.2, 0.25) is 0 Å². The number of hydrogen-bond donors (Lipinski definition) is 2. The Kier molecular flexibility index (Phi) is 6.42. The summed E-state index contributed by atoms with van der Waals surface area (Å²) in [5, 5.41) is 3.11. The van der Waals surface area contributed by atoms with E-state index in [1.54, 1.807) is 0 Å². The van der Waals surface area contributed by atoms with Crippen molar-refractivity contribution in [2.75, 3.05) is 19.6 Å². The topological polar surface area (TPSA) is 58.4 Å². The first-order valence-corrected chi connectivity index (χ1v) is 9.51. The Bertz CT molecular complexity index is 693. The van der Waals surface area contributed by atoms with Crippen molar-refractivity contribution in [2.45, 2.75) is 38.3 Å². The van der Waals surface area contributed by atoms with Crippen LogP contribution in [0.4, 0.5) is 0 Å². The summed E-state index contributed by atoms with van der Waals surface area (Å²) in [6, 6.07) is 18.4. The summed E-state index contributed by atoms with van der Waals surface area (Å²) in [5.41, 5.74) is 9.70. The second kappa shape index (κ2) is 8.97. The number of nitrogens with one attached hydrogen (secondary N) is 1. The molecule has 26 heavy (non-hydrogen) atoms. The molecule has 2 unspecified atom stereocenters. The average Bonchev–Trinajstić information content (AvgIpc) is 3.18. The summed E-state index contributed by atoms with van der Waals surface area (Å²) in [4.78, 5) is 14.9. The van der Waals surface area contributed by atoms with E-state index in [9.17, 15) is 4.79 Å². The second-order valence-electron chi connectivity index (χ2n) is 7.19. The molecule has 1 amide bonds. The highest BCUT2D eigenvalue weighted by Crippen LogP contribution is 2.25. The van der Waals surface area contributed by atoms with E-state index >= 15 is 0 Å². The molecule has 1 aliphatic heterocycles. The van der Waals surface area contributed by atoms with Crippen molar-refractivity contribution >= 4 is 5.91 Å². The minimum absolute atomic E-state index is 0.0117. The Labute approximate surface area is 156 Å². The summed E-state index contributed by atoms with van der Waals surface area (Å²) < 4.78 is 0. The van der Waals surface area contributed by atoms with Crippen molar-refractivity contribution in [3.05, 3.63) is 71.3 Å². The van der Waals surface area contributed by atoms with Crippen molar-refractivity contribution in [1.82, 2.24) is 10.2 Å². The van der Waals surface area contributed by atoms with Gasteiger partial charge in [-0.2, -0.15) is 0 Å². The van der Waals surface area contributed by atoms with Gasteiger partial charge in [0, 0.05) is 19.0 Å². The Morgan fingerprint density at radius 1 is 1.04 bits per heavy atom. The number of carbonyl (C=O) groups is 1. The molecule has 0 radical (unpaired) electrons. The lowest BCUT2D eigenvalue weighted by molar-refractivity contribution is -0.121. The zero-order valence-corrected chi connectivity index (χ0v) is 15.5. The van der Waals surface area contributed by atoms with Gasteiger partial charge in [0.25, 0.3) is 0 Å². The third-order valence-electron chi connectivity index (χ3n) is 5.17. The van der Waals surface area contributed by atoms with Crippen molar-refractivity contribution in [3.8, 4) is 0 Å². The molecular weight excluding hydrogens is 322 g/mol. The molecule has 0 bridgehead atoms. The minimum Gasteiger partial charge on any atom is -0.354 e. The standard InChI is InChI=1S/C22H29N3O/c1-17-9-11-19(12-10-17)21(25-13-5-6-14-25)16-24-22(26)15-20(23)18-7-3-2-4-8-18/h2-4,7-12,20-21H,5-6,13-16,23H2,1H3,(H,24,26). The third kappa shape index (κ3) is 4.93. The van der Waals surface area contributed by atoms with Crippen molar-refractivity contribution in [2.24, 2.45) is 5.73 Å². The molecule has 4 nitrogen and oxygen atoms in total.